The number of ether oxygens (including phenoxy) is 1. The first-order valence-corrected chi connectivity index (χ1v) is 8.38. The van der Waals surface area contributed by atoms with Gasteiger partial charge >= 0.3 is 0 Å². The maximum Gasteiger partial charge on any atom is 0.237 e. The number of nitrogens with one attached hydrogen (secondary N) is 1. The molecule has 0 saturated carbocycles. The third-order valence-electron chi connectivity index (χ3n) is 4.56. The number of nitrogens with zero attached hydrogens (tertiary/aromatic N) is 2. The lowest BCUT2D eigenvalue weighted by Gasteiger charge is -2.38. The number of carbonyl (C=O) groups excluding carboxylic acids is 1. The second kappa shape index (κ2) is 8.11. The van der Waals surface area contributed by atoms with E-state index in [9.17, 15) is 4.79 Å². The van der Waals surface area contributed by atoms with Crippen molar-refractivity contribution in [1.29, 1.82) is 0 Å². The van der Waals surface area contributed by atoms with Crippen LogP contribution in [0.25, 0.3) is 0 Å². The zero-order valence-corrected chi connectivity index (χ0v) is 13.8. The van der Waals surface area contributed by atoms with E-state index in [1.165, 1.54) is 6.42 Å². The first-order chi connectivity index (χ1) is 10.1. The van der Waals surface area contributed by atoms with E-state index in [0.29, 0.717) is 11.8 Å². The van der Waals surface area contributed by atoms with E-state index < -0.39 is 0 Å². The Morgan fingerprint density at radius 1 is 1.24 bits per heavy atom. The lowest BCUT2D eigenvalue weighted by Crippen LogP contribution is -2.54. The maximum absolute atomic E-state index is 12.1. The van der Waals surface area contributed by atoms with Gasteiger partial charge in [0.15, 0.2) is 0 Å². The molecular formula is C16H31N3O2. The summed E-state index contributed by atoms with van der Waals surface area (Å²) in [6.45, 7) is 14.2. The normalized spacial score (nSPS) is 26.2. The van der Waals surface area contributed by atoms with E-state index in [2.05, 4.69) is 29.0 Å². The van der Waals surface area contributed by atoms with Gasteiger partial charge in [-0.05, 0) is 25.2 Å². The molecule has 21 heavy (non-hydrogen) atoms. The van der Waals surface area contributed by atoms with Crippen molar-refractivity contribution in [3.8, 4) is 0 Å². The van der Waals surface area contributed by atoms with Gasteiger partial charge in [-0.1, -0.05) is 13.8 Å². The smallest absolute Gasteiger partial charge is 0.237 e. The van der Waals surface area contributed by atoms with Crippen molar-refractivity contribution in [1.82, 2.24) is 15.1 Å². The average molecular weight is 297 g/mol. The monoisotopic (exact) mass is 297 g/mol. The molecule has 0 aliphatic carbocycles. The molecule has 5 nitrogen and oxygen atoms in total. The molecule has 2 unspecified atom stereocenters. The van der Waals surface area contributed by atoms with Gasteiger partial charge in [0.05, 0.1) is 12.6 Å². The van der Waals surface area contributed by atoms with Crippen LogP contribution in [-0.2, 0) is 9.53 Å². The summed E-state index contributed by atoms with van der Waals surface area (Å²) in [5.74, 6) is 1.39. The SMILES string of the molecule is CC(C)CNC(=O)C(C)N1CCN(CC2CCOC2)CC1. The Hall–Kier alpha value is -0.650. The number of carbonyl (C=O) groups is 1. The molecule has 1 N–H and O–H groups in total. The van der Waals surface area contributed by atoms with Gasteiger partial charge in [-0.15, -0.1) is 0 Å². The van der Waals surface area contributed by atoms with Crippen LogP contribution in [0.2, 0.25) is 0 Å². The van der Waals surface area contributed by atoms with Gasteiger partial charge in [0.25, 0.3) is 0 Å². The Labute approximate surface area is 129 Å². The van der Waals surface area contributed by atoms with Crippen LogP contribution < -0.4 is 5.32 Å². The number of piperazine rings is 1. The summed E-state index contributed by atoms with van der Waals surface area (Å²) in [6, 6.07) is -0.0132. The van der Waals surface area contributed by atoms with E-state index in [-0.39, 0.29) is 11.9 Å². The molecule has 0 bridgehead atoms. The Balaban J connectivity index is 1.68. The minimum atomic E-state index is -0.0132. The Morgan fingerprint density at radius 3 is 2.52 bits per heavy atom. The van der Waals surface area contributed by atoms with Crippen LogP contribution in [0.3, 0.4) is 0 Å². The molecule has 5 heteroatoms. The predicted molar refractivity (Wildman–Crippen MR) is 84.2 cm³/mol. The van der Waals surface area contributed by atoms with Crippen LogP contribution in [0.4, 0.5) is 0 Å². The predicted octanol–water partition coefficient (Wildman–Crippen LogP) is 0.801. The summed E-state index contributed by atoms with van der Waals surface area (Å²) < 4.78 is 5.45. The van der Waals surface area contributed by atoms with Gasteiger partial charge in [-0.25, -0.2) is 0 Å². The highest BCUT2D eigenvalue weighted by Crippen LogP contribution is 2.15. The molecule has 2 fully saturated rings. The number of amides is 1. The third kappa shape index (κ3) is 5.24. The van der Waals surface area contributed by atoms with Crippen molar-refractivity contribution < 1.29 is 9.53 Å². The van der Waals surface area contributed by atoms with Crippen LogP contribution >= 0.6 is 0 Å². The van der Waals surface area contributed by atoms with Crippen molar-refractivity contribution in [2.75, 3.05) is 52.5 Å². The average Bonchev–Trinajstić information content (AvgIpc) is 2.97. The minimum absolute atomic E-state index is 0.0132. The summed E-state index contributed by atoms with van der Waals surface area (Å²) in [6.07, 6.45) is 1.20. The zero-order chi connectivity index (χ0) is 15.2. The van der Waals surface area contributed by atoms with Crippen molar-refractivity contribution in [2.24, 2.45) is 11.8 Å². The van der Waals surface area contributed by atoms with Crippen LogP contribution in [0.5, 0.6) is 0 Å². The summed E-state index contributed by atoms with van der Waals surface area (Å²) >= 11 is 0. The van der Waals surface area contributed by atoms with Gasteiger partial charge in [-0.2, -0.15) is 0 Å². The van der Waals surface area contributed by atoms with Crippen LogP contribution in [0.15, 0.2) is 0 Å². The number of hydrogen-bond acceptors (Lipinski definition) is 4. The molecule has 2 atom stereocenters. The molecule has 0 aromatic heterocycles. The van der Waals surface area contributed by atoms with Crippen molar-refractivity contribution in [3.05, 3.63) is 0 Å². The highest BCUT2D eigenvalue weighted by molar-refractivity contribution is 5.81. The summed E-state index contributed by atoms with van der Waals surface area (Å²) in [5, 5.41) is 3.04. The fourth-order valence-electron chi connectivity index (χ4n) is 3.04. The van der Waals surface area contributed by atoms with E-state index in [4.69, 9.17) is 4.74 Å². The van der Waals surface area contributed by atoms with Gasteiger partial charge in [0, 0.05) is 45.9 Å². The molecule has 2 rings (SSSR count). The minimum Gasteiger partial charge on any atom is -0.381 e. The standard InChI is InChI=1S/C16H31N3O2/c1-13(2)10-17-16(20)14(3)19-7-5-18(6-8-19)11-15-4-9-21-12-15/h13-15H,4-12H2,1-3H3,(H,17,20). The molecule has 0 radical (unpaired) electrons. The van der Waals surface area contributed by atoms with E-state index in [1.807, 2.05) is 6.92 Å². The molecular weight excluding hydrogens is 266 g/mol. The summed E-state index contributed by atoms with van der Waals surface area (Å²) in [5.41, 5.74) is 0. The van der Waals surface area contributed by atoms with E-state index >= 15 is 0 Å². The van der Waals surface area contributed by atoms with Gasteiger partial charge in [0.1, 0.15) is 0 Å². The van der Waals surface area contributed by atoms with Crippen molar-refractivity contribution in [3.63, 3.8) is 0 Å². The molecule has 0 spiro atoms. The summed E-state index contributed by atoms with van der Waals surface area (Å²) in [4.78, 5) is 16.9. The van der Waals surface area contributed by atoms with Gasteiger partial charge in [-0.3, -0.25) is 9.69 Å². The lowest BCUT2D eigenvalue weighted by molar-refractivity contribution is -0.126. The molecule has 122 valence electrons. The lowest BCUT2D eigenvalue weighted by atomic mass is 10.1. The molecule has 2 aliphatic rings. The fraction of sp³-hybridized carbons (Fsp3) is 0.938. The first-order valence-electron chi connectivity index (χ1n) is 8.38. The maximum atomic E-state index is 12.1. The quantitative estimate of drug-likeness (QED) is 0.788. The highest BCUT2D eigenvalue weighted by atomic mass is 16.5. The van der Waals surface area contributed by atoms with Gasteiger partial charge in [0.2, 0.25) is 5.91 Å². The van der Waals surface area contributed by atoms with Crippen molar-refractivity contribution in [2.45, 2.75) is 33.2 Å². The van der Waals surface area contributed by atoms with Crippen LogP contribution in [-0.4, -0.2) is 74.2 Å². The number of hydrogen-bond donors (Lipinski definition) is 1. The Morgan fingerprint density at radius 2 is 1.95 bits per heavy atom. The molecule has 2 saturated heterocycles. The van der Waals surface area contributed by atoms with E-state index in [0.717, 1.165) is 52.5 Å². The molecule has 2 heterocycles. The van der Waals surface area contributed by atoms with Crippen LogP contribution in [0.1, 0.15) is 27.2 Å². The topological polar surface area (TPSA) is 44.8 Å². The van der Waals surface area contributed by atoms with E-state index in [1.54, 1.807) is 0 Å². The molecule has 0 aromatic rings. The number of rotatable bonds is 6. The Kier molecular flexibility index (Phi) is 6.45. The second-order valence-electron chi connectivity index (χ2n) is 6.88. The summed E-state index contributed by atoms with van der Waals surface area (Å²) in [7, 11) is 0. The molecule has 1 amide bonds. The third-order valence-corrected chi connectivity index (χ3v) is 4.56. The van der Waals surface area contributed by atoms with Crippen LogP contribution in [0, 0.1) is 11.8 Å². The largest absolute Gasteiger partial charge is 0.381 e. The highest BCUT2D eigenvalue weighted by Gasteiger charge is 2.27. The molecule has 0 aromatic carbocycles. The second-order valence-corrected chi connectivity index (χ2v) is 6.88. The van der Waals surface area contributed by atoms with Crippen molar-refractivity contribution >= 4 is 5.91 Å². The zero-order valence-electron chi connectivity index (χ0n) is 13.8. The van der Waals surface area contributed by atoms with Gasteiger partial charge < -0.3 is 15.0 Å². The molecule has 2 aliphatic heterocycles. The Bertz CT molecular complexity index is 321. The first kappa shape index (κ1) is 16.7. The fourth-order valence-corrected chi connectivity index (χ4v) is 3.04.